The van der Waals surface area contributed by atoms with Crippen LogP contribution < -0.4 is 5.56 Å². The lowest BCUT2D eigenvalue weighted by Crippen LogP contribution is -2.21. The number of hydrogen-bond acceptors (Lipinski definition) is 5. The third-order valence-electron chi connectivity index (χ3n) is 4.07. The third kappa shape index (κ3) is 3.21. The quantitative estimate of drug-likeness (QED) is 0.770. The zero-order valence-electron chi connectivity index (χ0n) is 12.9. The minimum atomic E-state index is -0.271. The molecule has 120 valence electrons. The second kappa shape index (κ2) is 6.44. The summed E-state index contributed by atoms with van der Waals surface area (Å²) in [5, 5.41) is 10.8. The van der Waals surface area contributed by atoms with Gasteiger partial charge in [-0.1, -0.05) is 13.8 Å². The van der Waals surface area contributed by atoms with Gasteiger partial charge in [0.25, 0.3) is 5.56 Å². The first-order valence-corrected chi connectivity index (χ1v) is 8.65. The van der Waals surface area contributed by atoms with Gasteiger partial charge in [-0.25, -0.2) is 4.98 Å². The van der Waals surface area contributed by atoms with Gasteiger partial charge in [-0.05, 0) is 5.25 Å². The molecular formula is C15H22N4O2S. The molecule has 2 unspecified atom stereocenters. The Bertz CT molecular complexity index is 696. The topological polar surface area (TPSA) is 85.0 Å². The normalized spacial score (nSPS) is 22.9. The minimum Gasteiger partial charge on any atom is -0.391 e. The van der Waals surface area contributed by atoms with E-state index in [0.29, 0.717) is 29.8 Å². The SMILES string of the molecule is CC(C)SCC1CN(Cc2c[nH]c3c(=O)[nH]cnc23)CC1O. The molecule has 0 spiro atoms. The van der Waals surface area contributed by atoms with Crippen molar-refractivity contribution >= 4 is 22.8 Å². The van der Waals surface area contributed by atoms with E-state index >= 15 is 0 Å². The molecular weight excluding hydrogens is 300 g/mol. The van der Waals surface area contributed by atoms with Gasteiger partial charge in [-0.2, -0.15) is 11.8 Å². The molecule has 7 heteroatoms. The highest BCUT2D eigenvalue weighted by Gasteiger charge is 2.31. The summed E-state index contributed by atoms with van der Waals surface area (Å²) >= 11 is 1.90. The van der Waals surface area contributed by atoms with Gasteiger partial charge >= 0.3 is 0 Å². The molecule has 0 aliphatic carbocycles. The van der Waals surface area contributed by atoms with Crippen LogP contribution in [0, 0.1) is 5.92 Å². The van der Waals surface area contributed by atoms with E-state index in [0.717, 1.165) is 23.4 Å². The van der Waals surface area contributed by atoms with Crippen molar-refractivity contribution in [2.45, 2.75) is 31.7 Å². The number of fused-ring (bicyclic) bond motifs is 1. The molecule has 3 rings (SSSR count). The second-order valence-corrected chi connectivity index (χ2v) is 7.78. The van der Waals surface area contributed by atoms with E-state index in [2.05, 4.69) is 33.7 Å². The van der Waals surface area contributed by atoms with Crippen LogP contribution in [0.15, 0.2) is 17.3 Å². The fraction of sp³-hybridized carbons (Fsp3) is 0.600. The first kappa shape index (κ1) is 15.6. The number of rotatable bonds is 5. The molecule has 6 nitrogen and oxygen atoms in total. The van der Waals surface area contributed by atoms with Crippen LogP contribution in [0.25, 0.3) is 11.0 Å². The number of nitrogens with one attached hydrogen (secondary N) is 2. The van der Waals surface area contributed by atoms with Gasteiger partial charge in [-0.15, -0.1) is 0 Å². The monoisotopic (exact) mass is 322 g/mol. The van der Waals surface area contributed by atoms with Crippen molar-refractivity contribution in [2.75, 3.05) is 18.8 Å². The predicted octanol–water partition coefficient (Wildman–Crippen LogP) is 1.19. The van der Waals surface area contributed by atoms with Crippen molar-refractivity contribution in [3.05, 3.63) is 28.4 Å². The van der Waals surface area contributed by atoms with E-state index in [4.69, 9.17) is 0 Å². The average Bonchev–Trinajstić information content (AvgIpc) is 3.02. The van der Waals surface area contributed by atoms with Crippen LogP contribution in [0.2, 0.25) is 0 Å². The molecule has 0 amide bonds. The Morgan fingerprint density at radius 3 is 3.05 bits per heavy atom. The van der Waals surface area contributed by atoms with Gasteiger partial charge in [0.15, 0.2) is 0 Å². The molecule has 0 bridgehead atoms. The lowest BCUT2D eigenvalue weighted by Gasteiger charge is -2.15. The average molecular weight is 322 g/mol. The van der Waals surface area contributed by atoms with Crippen LogP contribution in [0.1, 0.15) is 19.4 Å². The minimum absolute atomic E-state index is 0.149. The fourth-order valence-electron chi connectivity index (χ4n) is 2.92. The maximum atomic E-state index is 11.7. The first-order chi connectivity index (χ1) is 10.5. The number of likely N-dealkylation sites (tertiary alicyclic amines) is 1. The summed E-state index contributed by atoms with van der Waals surface area (Å²) in [6, 6.07) is 0. The summed E-state index contributed by atoms with van der Waals surface area (Å²) < 4.78 is 0. The van der Waals surface area contributed by atoms with Crippen LogP contribution in [-0.4, -0.2) is 55.2 Å². The number of aromatic nitrogens is 3. The Hall–Kier alpha value is -1.31. The third-order valence-corrected chi connectivity index (χ3v) is 5.36. The highest BCUT2D eigenvalue weighted by atomic mass is 32.2. The molecule has 2 aromatic rings. The molecule has 3 heterocycles. The Labute approximate surface area is 133 Å². The second-order valence-electron chi connectivity index (χ2n) is 6.17. The van der Waals surface area contributed by atoms with Crippen LogP contribution >= 0.6 is 11.8 Å². The van der Waals surface area contributed by atoms with Gasteiger partial charge in [0.05, 0.1) is 17.9 Å². The van der Waals surface area contributed by atoms with Gasteiger partial charge in [0.2, 0.25) is 0 Å². The molecule has 1 aliphatic rings. The number of aromatic amines is 2. The molecule has 2 aromatic heterocycles. The first-order valence-electron chi connectivity index (χ1n) is 7.60. The number of aliphatic hydroxyl groups is 1. The number of hydrogen-bond donors (Lipinski definition) is 3. The van der Waals surface area contributed by atoms with Gasteiger partial charge < -0.3 is 15.1 Å². The molecule has 3 N–H and O–H groups in total. The van der Waals surface area contributed by atoms with E-state index in [1.54, 1.807) is 0 Å². The summed E-state index contributed by atoms with van der Waals surface area (Å²) in [6.07, 6.45) is 3.01. The molecule has 1 fully saturated rings. The summed E-state index contributed by atoms with van der Waals surface area (Å²) in [7, 11) is 0. The zero-order valence-corrected chi connectivity index (χ0v) is 13.7. The zero-order chi connectivity index (χ0) is 15.7. The fourth-order valence-corrected chi connectivity index (χ4v) is 3.88. The predicted molar refractivity (Wildman–Crippen MR) is 89.1 cm³/mol. The molecule has 22 heavy (non-hydrogen) atoms. The summed E-state index contributed by atoms with van der Waals surface area (Å²) in [5.74, 6) is 1.30. The molecule has 1 saturated heterocycles. The van der Waals surface area contributed by atoms with Gasteiger partial charge in [0.1, 0.15) is 5.52 Å². The molecule has 2 atom stereocenters. The lowest BCUT2D eigenvalue weighted by molar-refractivity contribution is 0.149. The summed E-state index contributed by atoms with van der Waals surface area (Å²) in [6.45, 7) is 6.63. The van der Waals surface area contributed by atoms with E-state index in [9.17, 15) is 9.90 Å². The molecule has 0 aromatic carbocycles. The maximum absolute atomic E-state index is 11.7. The Kier molecular flexibility index (Phi) is 4.56. The van der Waals surface area contributed by atoms with Crippen molar-refractivity contribution in [1.82, 2.24) is 19.9 Å². The molecule has 0 saturated carbocycles. The number of nitrogens with zero attached hydrogens (tertiary/aromatic N) is 2. The molecule has 0 radical (unpaired) electrons. The largest absolute Gasteiger partial charge is 0.391 e. The van der Waals surface area contributed by atoms with E-state index in [1.165, 1.54) is 6.33 Å². The Balaban J connectivity index is 1.68. The lowest BCUT2D eigenvalue weighted by atomic mass is 10.1. The number of H-pyrrole nitrogens is 2. The van der Waals surface area contributed by atoms with Crippen molar-refractivity contribution in [1.29, 1.82) is 0 Å². The van der Waals surface area contributed by atoms with Crippen LogP contribution in [-0.2, 0) is 6.54 Å². The van der Waals surface area contributed by atoms with Crippen molar-refractivity contribution in [3.8, 4) is 0 Å². The van der Waals surface area contributed by atoms with Gasteiger partial charge in [0, 0.05) is 43.1 Å². The summed E-state index contributed by atoms with van der Waals surface area (Å²) in [5.41, 5.74) is 2.09. The van der Waals surface area contributed by atoms with Crippen molar-refractivity contribution in [2.24, 2.45) is 5.92 Å². The van der Waals surface area contributed by atoms with Gasteiger partial charge in [-0.3, -0.25) is 9.69 Å². The molecule has 1 aliphatic heterocycles. The smallest absolute Gasteiger partial charge is 0.275 e. The van der Waals surface area contributed by atoms with Crippen molar-refractivity contribution in [3.63, 3.8) is 0 Å². The number of thioether (sulfide) groups is 1. The van der Waals surface area contributed by atoms with Crippen molar-refractivity contribution < 1.29 is 5.11 Å². The van der Waals surface area contributed by atoms with Crippen LogP contribution in [0.3, 0.4) is 0 Å². The van der Waals surface area contributed by atoms with E-state index < -0.39 is 0 Å². The number of aliphatic hydroxyl groups excluding tert-OH is 1. The standard InChI is InChI=1S/C15H22N4O2S/c1-9(2)22-7-11-5-19(6-12(11)20)4-10-3-16-14-13(10)17-8-18-15(14)21/h3,8-9,11-12,16,20H,4-7H2,1-2H3,(H,17,18,21). The maximum Gasteiger partial charge on any atom is 0.275 e. The van der Waals surface area contributed by atoms with E-state index in [1.807, 2.05) is 18.0 Å². The summed E-state index contributed by atoms with van der Waals surface area (Å²) in [4.78, 5) is 23.8. The highest BCUT2D eigenvalue weighted by molar-refractivity contribution is 7.99. The Morgan fingerprint density at radius 1 is 1.45 bits per heavy atom. The van der Waals surface area contributed by atoms with Crippen LogP contribution in [0.5, 0.6) is 0 Å². The highest BCUT2D eigenvalue weighted by Crippen LogP contribution is 2.25. The van der Waals surface area contributed by atoms with Crippen LogP contribution in [0.4, 0.5) is 0 Å². The van der Waals surface area contributed by atoms with E-state index in [-0.39, 0.29) is 11.7 Å². The number of β-amino-alcohol motifs (C(OH)–C–C–N with tert-alkyl or cyclic N) is 1. The Morgan fingerprint density at radius 2 is 2.27 bits per heavy atom.